The van der Waals surface area contributed by atoms with Crippen molar-refractivity contribution in [1.82, 2.24) is 10.2 Å². The summed E-state index contributed by atoms with van der Waals surface area (Å²) in [5.41, 5.74) is -0.179. The van der Waals surface area contributed by atoms with Crippen LogP contribution in [0.1, 0.15) is 34.6 Å². The van der Waals surface area contributed by atoms with E-state index in [1.54, 1.807) is 0 Å². The molecule has 0 aromatic heterocycles. The van der Waals surface area contributed by atoms with Crippen molar-refractivity contribution in [2.75, 3.05) is 13.1 Å². The molecule has 15 heavy (non-hydrogen) atoms. The molecule has 4 nitrogen and oxygen atoms in total. The first-order chi connectivity index (χ1) is 6.78. The summed E-state index contributed by atoms with van der Waals surface area (Å²) >= 11 is 0. The summed E-state index contributed by atoms with van der Waals surface area (Å²) < 4.78 is 5.57. The van der Waals surface area contributed by atoms with Crippen LogP contribution in [0.4, 0.5) is 4.79 Å². The van der Waals surface area contributed by atoms with Gasteiger partial charge in [-0.15, -0.1) is 0 Å². The van der Waals surface area contributed by atoms with E-state index in [0.717, 1.165) is 0 Å². The number of carbonyl (C=O) groups is 1. The standard InChI is InChI=1S/C11H22N2O2/c1-8-6-13(7-9(2)15-8)10(14)12-11(3,4)5/h8-9H,6-7H2,1-5H3,(H,12,14)/t8-,9-/m1/s1. The minimum absolute atomic E-state index is 0.00417. The highest BCUT2D eigenvalue weighted by molar-refractivity contribution is 5.75. The zero-order valence-corrected chi connectivity index (χ0v) is 10.3. The van der Waals surface area contributed by atoms with Crippen LogP contribution in [-0.4, -0.2) is 41.8 Å². The number of carbonyl (C=O) groups excluding carboxylic acids is 1. The Bertz CT molecular complexity index is 225. The smallest absolute Gasteiger partial charge is 0.317 e. The van der Waals surface area contributed by atoms with Crippen molar-refractivity contribution in [3.63, 3.8) is 0 Å². The molecule has 1 heterocycles. The molecule has 1 rings (SSSR count). The van der Waals surface area contributed by atoms with Crippen molar-refractivity contribution >= 4 is 6.03 Å². The average molecular weight is 214 g/mol. The van der Waals surface area contributed by atoms with Crippen LogP contribution in [0.5, 0.6) is 0 Å². The molecule has 1 aliphatic heterocycles. The number of urea groups is 1. The van der Waals surface area contributed by atoms with Gasteiger partial charge in [0.2, 0.25) is 0 Å². The van der Waals surface area contributed by atoms with E-state index >= 15 is 0 Å². The second-order valence-corrected chi connectivity index (χ2v) is 5.34. The first kappa shape index (κ1) is 12.3. The van der Waals surface area contributed by atoms with Gasteiger partial charge in [0, 0.05) is 18.6 Å². The lowest BCUT2D eigenvalue weighted by atomic mass is 10.1. The summed E-state index contributed by atoms with van der Waals surface area (Å²) in [5.74, 6) is 0. The van der Waals surface area contributed by atoms with Gasteiger partial charge in [-0.05, 0) is 34.6 Å². The van der Waals surface area contributed by atoms with Crippen molar-refractivity contribution in [3.8, 4) is 0 Å². The van der Waals surface area contributed by atoms with Gasteiger partial charge < -0.3 is 15.0 Å². The van der Waals surface area contributed by atoms with Crippen molar-refractivity contribution < 1.29 is 9.53 Å². The second-order valence-electron chi connectivity index (χ2n) is 5.34. The highest BCUT2D eigenvalue weighted by Crippen LogP contribution is 2.11. The predicted molar refractivity (Wildman–Crippen MR) is 59.9 cm³/mol. The Balaban J connectivity index is 2.52. The molecule has 0 aliphatic carbocycles. The Morgan fingerprint density at radius 1 is 1.27 bits per heavy atom. The fourth-order valence-electron chi connectivity index (χ4n) is 1.74. The third-order valence-corrected chi connectivity index (χ3v) is 2.19. The van der Waals surface area contributed by atoms with Crippen LogP contribution in [0.15, 0.2) is 0 Å². The Hall–Kier alpha value is -0.770. The minimum atomic E-state index is -0.179. The van der Waals surface area contributed by atoms with Gasteiger partial charge in [-0.3, -0.25) is 0 Å². The minimum Gasteiger partial charge on any atom is -0.372 e. The monoisotopic (exact) mass is 214 g/mol. The fraction of sp³-hybridized carbons (Fsp3) is 0.909. The Labute approximate surface area is 92.0 Å². The van der Waals surface area contributed by atoms with Gasteiger partial charge in [0.1, 0.15) is 0 Å². The van der Waals surface area contributed by atoms with E-state index in [0.29, 0.717) is 13.1 Å². The van der Waals surface area contributed by atoms with E-state index in [9.17, 15) is 4.79 Å². The van der Waals surface area contributed by atoms with Gasteiger partial charge in [-0.2, -0.15) is 0 Å². The number of nitrogens with one attached hydrogen (secondary N) is 1. The number of rotatable bonds is 0. The zero-order chi connectivity index (χ0) is 11.6. The summed E-state index contributed by atoms with van der Waals surface area (Å²) in [6.45, 7) is 11.3. The summed E-state index contributed by atoms with van der Waals surface area (Å²) in [6.07, 6.45) is 0.249. The molecule has 88 valence electrons. The quantitative estimate of drug-likeness (QED) is 0.665. The van der Waals surface area contributed by atoms with Gasteiger partial charge in [0.15, 0.2) is 0 Å². The number of hydrogen-bond donors (Lipinski definition) is 1. The van der Waals surface area contributed by atoms with E-state index in [-0.39, 0.29) is 23.8 Å². The van der Waals surface area contributed by atoms with Crippen molar-refractivity contribution in [1.29, 1.82) is 0 Å². The lowest BCUT2D eigenvalue weighted by Gasteiger charge is -2.36. The molecule has 1 aliphatic rings. The van der Waals surface area contributed by atoms with Crippen molar-refractivity contribution in [2.45, 2.75) is 52.4 Å². The lowest BCUT2D eigenvalue weighted by Crippen LogP contribution is -2.55. The number of morpholine rings is 1. The lowest BCUT2D eigenvalue weighted by molar-refractivity contribution is -0.0550. The van der Waals surface area contributed by atoms with E-state index in [2.05, 4.69) is 5.32 Å². The fourth-order valence-corrected chi connectivity index (χ4v) is 1.74. The molecule has 0 radical (unpaired) electrons. The van der Waals surface area contributed by atoms with Crippen LogP contribution in [0.3, 0.4) is 0 Å². The molecule has 0 saturated carbocycles. The van der Waals surface area contributed by atoms with Crippen molar-refractivity contribution in [3.05, 3.63) is 0 Å². The molecule has 4 heteroatoms. The molecule has 2 atom stereocenters. The van der Waals surface area contributed by atoms with E-state index in [1.165, 1.54) is 0 Å². The third-order valence-electron chi connectivity index (χ3n) is 2.19. The van der Waals surface area contributed by atoms with Crippen LogP contribution in [-0.2, 0) is 4.74 Å². The number of ether oxygens (including phenoxy) is 1. The number of hydrogen-bond acceptors (Lipinski definition) is 2. The maximum absolute atomic E-state index is 11.9. The van der Waals surface area contributed by atoms with E-state index in [4.69, 9.17) is 4.74 Å². The molecule has 1 N–H and O–H groups in total. The zero-order valence-electron chi connectivity index (χ0n) is 10.3. The van der Waals surface area contributed by atoms with Gasteiger partial charge in [0.05, 0.1) is 12.2 Å². The molecule has 0 aromatic rings. The molecular formula is C11H22N2O2. The Kier molecular flexibility index (Phi) is 3.60. The van der Waals surface area contributed by atoms with Crippen LogP contribution in [0, 0.1) is 0 Å². The SMILES string of the molecule is C[C@@H]1CN(C(=O)NC(C)(C)C)C[C@@H](C)O1. The summed E-state index contributed by atoms with van der Waals surface area (Å²) in [7, 11) is 0. The average Bonchev–Trinajstić information content (AvgIpc) is 1.98. The normalized spacial score (nSPS) is 27.7. The van der Waals surface area contributed by atoms with Gasteiger partial charge in [0.25, 0.3) is 0 Å². The highest BCUT2D eigenvalue weighted by Gasteiger charge is 2.27. The largest absolute Gasteiger partial charge is 0.372 e. The Morgan fingerprint density at radius 3 is 2.13 bits per heavy atom. The van der Waals surface area contributed by atoms with Gasteiger partial charge in [-0.1, -0.05) is 0 Å². The molecule has 0 aromatic carbocycles. The van der Waals surface area contributed by atoms with Crippen LogP contribution < -0.4 is 5.32 Å². The molecule has 1 saturated heterocycles. The molecule has 0 unspecified atom stereocenters. The molecule has 1 fully saturated rings. The third kappa shape index (κ3) is 4.08. The highest BCUT2D eigenvalue weighted by atomic mass is 16.5. The summed E-state index contributed by atoms with van der Waals surface area (Å²) in [5, 5.41) is 2.96. The number of nitrogens with zero attached hydrogens (tertiary/aromatic N) is 1. The summed E-state index contributed by atoms with van der Waals surface area (Å²) in [6, 6.07) is 0.00417. The van der Waals surface area contributed by atoms with Crippen LogP contribution in [0.2, 0.25) is 0 Å². The predicted octanol–water partition coefficient (Wildman–Crippen LogP) is 1.60. The molecule has 0 bridgehead atoms. The van der Waals surface area contributed by atoms with E-state index in [1.807, 2.05) is 39.5 Å². The van der Waals surface area contributed by atoms with Gasteiger partial charge in [-0.25, -0.2) is 4.79 Å². The maximum atomic E-state index is 11.9. The van der Waals surface area contributed by atoms with Crippen LogP contribution in [0.25, 0.3) is 0 Å². The first-order valence-corrected chi connectivity index (χ1v) is 5.50. The summed E-state index contributed by atoms with van der Waals surface area (Å²) in [4.78, 5) is 13.7. The molecular weight excluding hydrogens is 192 g/mol. The molecule has 0 spiro atoms. The topological polar surface area (TPSA) is 41.6 Å². The maximum Gasteiger partial charge on any atom is 0.317 e. The van der Waals surface area contributed by atoms with Crippen LogP contribution >= 0.6 is 0 Å². The first-order valence-electron chi connectivity index (χ1n) is 5.50. The Morgan fingerprint density at radius 2 is 1.73 bits per heavy atom. The molecule has 2 amide bonds. The van der Waals surface area contributed by atoms with Gasteiger partial charge >= 0.3 is 6.03 Å². The number of amides is 2. The van der Waals surface area contributed by atoms with Crippen molar-refractivity contribution in [2.24, 2.45) is 0 Å². The van der Waals surface area contributed by atoms with E-state index < -0.39 is 0 Å². The second kappa shape index (κ2) is 4.39.